The average molecular weight is 339 g/mol. The van der Waals surface area contributed by atoms with E-state index < -0.39 is 0 Å². The fourth-order valence-electron chi connectivity index (χ4n) is 2.49. The second-order valence-corrected chi connectivity index (χ2v) is 6.64. The Hall–Kier alpha value is -2.20. The number of nitrogens with zero attached hydrogens (tertiary/aromatic N) is 1. The molecule has 0 aliphatic heterocycles. The van der Waals surface area contributed by atoms with Gasteiger partial charge in [-0.2, -0.15) is 0 Å². The number of rotatable bonds is 7. The van der Waals surface area contributed by atoms with Gasteiger partial charge in [0.25, 0.3) is 0 Å². The monoisotopic (exact) mass is 339 g/mol. The van der Waals surface area contributed by atoms with Crippen molar-refractivity contribution in [3.05, 3.63) is 60.2 Å². The summed E-state index contributed by atoms with van der Waals surface area (Å²) in [6.07, 6.45) is 0.976. The lowest BCUT2D eigenvalue weighted by molar-refractivity contribution is 0.318. The van der Waals surface area contributed by atoms with Crippen LogP contribution in [0.1, 0.15) is 12.0 Å². The summed E-state index contributed by atoms with van der Waals surface area (Å²) >= 11 is 1.78. The molecular formula is C20H21NO2S. The van der Waals surface area contributed by atoms with Crippen molar-refractivity contribution in [3.8, 4) is 11.5 Å². The summed E-state index contributed by atoms with van der Waals surface area (Å²) in [5.41, 5.74) is 2.34. The molecule has 0 bridgehead atoms. The van der Waals surface area contributed by atoms with E-state index in [1.807, 2.05) is 30.3 Å². The molecule has 0 unspecified atom stereocenters. The largest absolute Gasteiger partial charge is 0.497 e. The quantitative estimate of drug-likeness (QED) is 0.442. The lowest BCUT2D eigenvalue weighted by Crippen LogP contribution is -1.99. The molecule has 0 atom stereocenters. The Morgan fingerprint density at radius 2 is 1.75 bits per heavy atom. The van der Waals surface area contributed by atoms with E-state index in [-0.39, 0.29) is 0 Å². The van der Waals surface area contributed by atoms with E-state index in [1.54, 1.807) is 18.9 Å². The molecule has 124 valence electrons. The minimum Gasteiger partial charge on any atom is -0.497 e. The second-order valence-electron chi connectivity index (χ2n) is 5.52. The van der Waals surface area contributed by atoms with Gasteiger partial charge in [0.15, 0.2) is 0 Å². The molecule has 24 heavy (non-hydrogen) atoms. The molecule has 3 nitrogen and oxygen atoms in total. The Kier molecular flexibility index (Phi) is 5.59. The first-order chi connectivity index (χ1) is 11.8. The van der Waals surface area contributed by atoms with Crippen molar-refractivity contribution in [1.82, 2.24) is 4.98 Å². The molecule has 0 radical (unpaired) electrons. The van der Waals surface area contributed by atoms with Crippen molar-refractivity contribution in [1.29, 1.82) is 0 Å². The van der Waals surface area contributed by atoms with Gasteiger partial charge in [0, 0.05) is 11.1 Å². The summed E-state index contributed by atoms with van der Waals surface area (Å²) in [5, 5.41) is 2.31. The van der Waals surface area contributed by atoms with Crippen molar-refractivity contribution in [3.63, 3.8) is 0 Å². The summed E-state index contributed by atoms with van der Waals surface area (Å²) in [6.45, 7) is 2.84. The summed E-state index contributed by atoms with van der Waals surface area (Å²) in [7, 11) is 1.66. The predicted octanol–water partition coefficient (Wildman–Crippen LogP) is 5.11. The van der Waals surface area contributed by atoms with Crippen LogP contribution in [0.25, 0.3) is 10.9 Å². The molecule has 0 saturated heterocycles. The number of aryl methyl sites for hydroxylation is 1. The topological polar surface area (TPSA) is 31.4 Å². The summed E-state index contributed by atoms with van der Waals surface area (Å²) < 4.78 is 10.9. The van der Waals surface area contributed by atoms with Gasteiger partial charge in [-0.3, -0.25) is 0 Å². The van der Waals surface area contributed by atoms with Crippen LogP contribution in [-0.4, -0.2) is 24.5 Å². The molecule has 0 saturated carbocycles. The third kappa shape index (κ3) is 4.20. The van der Waals surface area contributed by atoms with E-state index in [0.29, 0.717) is 6.61 Å². The highest BCUT2D eigenvalue weighted by Gasteiger charge is 2.03. The predicted molar refractivity (Wildman–Crippen MR) is 100 cm³/mol. The SMILES string of the molecule is COc1ccc(OCCCSc2cc(C)c3ccccc3n2)cc1. The van der Waals surface area contributed by atoms with Crippen LogP contribution < -0.4 is 9.47 Å². The Bertz CT molecular complexity index is 802. The number of aromatic nitrogens is 1. The van der Waals surface area contributed by atoms with Gasteiger partial charge in [0.2, 0.25) is 0 Å². The lowest BCUT2D eigenvalue weighted by atomic mass is 10.1. The van der Waals surface area contributed by atoms with E-state index in [4.69, 9.17) is 14.5 Å². The Labute approximate surface area is 147 Å². The molecule has 0 aliphatic rings. The highest BCUT2D eigenvalue weighted by atomic mass is 32.2. The van der Waals surface area contributed by atoms with E-state index in [2.05, 4.69) is 31.2 Å². The fraction of sp³-hybridized carbons (Fsp3) is 0.250. The highest BCUT2D eigenvalue weighted by Crippen LogP contribution is 2.24. The van der Waals surface area contributed by atoms with Crippen LogP contribution in [0.4, 0.5) is 0 Å². The number of benzene rings is 2. The van der Waals surface area contributed by atoms with Crippen LogP contribution in [0.15, 0.2) is 59.6 Å². The fourth-order valence-corrected chi connectivity index (χ4v) is 3.38. The van der Waals surface area contributed by atoms with Gasteiger partial charge >= 0.3 is 0 Å². The molecule has 1 aromatic heterocycles. The maximum atomic E-state index is 5.75. The Morgan fingerprint density at radius 1 is 1.00 bits per heavy atom. The lowest BCUT2D eigenvalue weighted by Gasteiger charge is -2.08. The van der Waals surface area contributed by atoms with Gasteiger partial charge in [-0.15, -0.1) is 11.8 Å². The molecule has 3 aromatic rings. The molecule has 0 amide bonds. The van der Waals surface area contributed by atoms with E-state index in [1.165, 1.54) is 10.9 Å². The average Bonchev–Trinajstić information content (AvgIpc) is 2.62. The number of pyridine rings is 1. The van der Waals surface area contributed by atoms with E-state index >= 15 is 0 Å². The number of hydrogen-bond donors (Lipinski definition) is 0. The smallest absolute Gasteiger partial charge is 0.119 e. The summed E-state index contributed by atoms with van der Waals surface area (Å²) in [4.78, 5) is 4.72. The minimum absolute atomic E-state index is 0.700. The van der Waals surface area contributed by atoms with Crippen LogP contribution in [-0.2, 0) is 0 Å². The first-order valence-electron chi connectivity index (χ1n) is 8.02. The first kappa shape index (κ1) is 16.7. The molecule has 2 aromatic carbocycles. The van der Waals surface area contributed by atoms with Crippen LogP contribution in [0.3, 0.4) is 0 Å². The number of ether oxygens (including phenoxy) is 2. The summed E-state index contributed by atoms with van der Waals surface area (Å²) in [6, 6.07) is 18.1. The zero-order chi connectivity index (χ0) is 16.8. The van der Waals surface area contributed by atoms with Gasteiger partial charge in [-0.25, -0.2) is 4.98 Å². The molecule has 0 spiro atoms. The maximum Gasteiger partial charge on any atom is 0.119 e. The Morgan fingerprint density at radius 3 is 2.54 bits per heavy atom. The summed E-state index contributed by atoms with van der Waals surface area (Å²) in [5.74, 6) is 2.71. The third-order valence-electron chi connectivity index (χ3n) is 3.77. The molecular weight excluding hydrogens is 318 g/mol. The van der Waals surface area contributed by atoms with E-state index in [9.17, 15) is 0 Å². The van der Waals surface area contributed by atoms with Crippen molar-refractivity contribution < 1.29 is 9.47 Å². The first-order valence-corrected chi connectivity index (χ1v) is 9.01. The number of hydrogen-bond acceptors (Lipinski definition) is 4. The van der Waals surface area contributed by atoms with Crippen molar-refractivity contribution >= 4 is 22.7 Å². The van der Waals surface area contributed by atoms with Gasteiger partial charge in [0.1, 0.15) is 11.5 Å². The third-order valence-corrected chi connectivity index (χ3v) is 4.76. The van der Waals surface area contributed by atoms with Crippen molar-refractivity contribution in [2.45, 2.75) is 18.4 Å². The van der Waals surface area contributed by atoms with Crippen molar-refractivity contribution in [2.75, 3.05) is 19.5 Å². The van der Waals surface area contributed by atoms with Crippen LogP contribution in [0, 0.1) is 6.92 Å². The zero-order valence-corrected chi connectivity index (χ0v) is 14.8. The van der Waals surface area contributed by atoms with Gasteiger partial charge in [-0.1, -0.05) is 18.2 Å². The normalized spacial score (nSPS) is 10.8. The molecule has 4 heteroatoms. The second kappa shape index (κ2) is 8.06. The van der Waals surface area contributed by atoms with Gasteiger partial charge in [-0.05, 0) is 55.3 Å². The standard InChI is InChI=1S/C20H21NO2S/c1-15-14-20(21-19-7-4-3-6-18(15)19)24-13-5-12-23-17-10-8-16(22-2)9-11-17/h3-4,6-11,14H,5,12-13H2,1-2H3. The molecule has 1 heterocycles. The molecule has 0 fully saturated rings. The molecule has 0 N–H and O–H groups in total. The van der Waals surface area contributed by atoms with Crippen molar-refractivity contribution in [2.24, 2.45) is 0 Å². The number of methoxy groups -OCH3 is 1. The van der Waals surface area contributed by atoms with Gasteiger partial charge < -0.3 is 9.47 Å². The zero-order valence-electron chi connectivity index (χ0n) is 14.0. The van der Waals surface area contributed by atoms with Crippen LogP contribution in [0.5, 0.6) is 11.5 Å². The highest BCUT2D eigenvalue weighted by molar-refractivity contribution is 7.99. The maximum absolute atomic E-state index is 5.75. The Balaban J connectivity index is 1.48. The number of para-hydroxylation sites is 1. The number of fused-ring (bicyclic) bond motifs is 1. The molecule has 3 rings (SSSR count). The van der Waals surface area contributed by atoms with Gasteiger partial charge in [0.05, 0.1) is 24.3 Å². The van der Waals surface area contributed by atoms with Crippen LogP contribution >= 0.6 is 11.8 Å². The minimum atomic E-state index is 0.700. The number of thioether (sulfide) groups is 1. The molecule has 0 aliphatic carbocycles. The van der Waals surface area contributed by atoms with Crippen LogP contribution in [0.2, 0.25) is 0 Å². The van der Waals surface area contributed by atoms with E-state index in [0.717, 1.165) is 34.2 Å².